The van der Waals surface area contributed by atoms with Crippen molar-refractivity contribution in [2.45, 2.75) is 32.4 Å². The first-order chi connectivity index (χ1) is 10.1. The molecule has 21 heavy (non-hydrogen) atoms. The van der Waals surface area contributed by atoms with Crippen LogP contribution in [-0.4, -0.2) is 59.8 Å². The molecule has 2 aliphatic rings. The Balaban J connectivity index is 1.64. The third kappa shape index (κ3) is 3.39. The van der Waals surface area contributed by atoms with Gasteiger partial charge in [-0.3, -0.25) is 9.80 Å². The predicted molar refractivity (Wildman–Crippen MR) is 83.7 cm³/mol. The molecule has 0 saturated carbocycles. The van der Waals surface area contributed by atoms with Crippen LogP contribution >= 0.6 is 0 Å². The molecule has 0 radical (unpaired) electrons. The lowest BCUT2D eigenvalue weighted by atomic mass is 10.0. The number of rotatable bonds is 4. The molecule has 0 aromatic heterocycles. The molecular weight excluding hydrogens is 264 g/mol. The molecule has 0 spiro atoms. The Morgan fingerprint density at radius 1 is 1.14 bits per heavy atom. The zero-order valence-corrected chi connectivity index (χ0v) is 13.1. The van der Waals surface area contributed by atoms with Crippen LogP contribution in [-0.2, 0) is 13.0 Å². The van der Waals surface area contributed by atoms with E-state index in [0.717, 1.165) is 51.4 Å². The quantitative estimate of drug-likeness (QED) is 0.912. The van der Waals surface area contributed by atoms with E-state index < -0.39 is 0 Å². The minimum atomic E-state index is -0.0712. The van der Waals surface area contributed by atoms with E-state index in [4.69, 9.17) is 9.84 Å². The fraction of sp³-hybridized carbons (Fsp3) is 0.647. The summed E-state index contributed by atoms with van der Waals surface area (Å²) in [5.41, 5.74) is 2.59. The van der Waals surface area contributed by atoms with Crippen LogP contribution in [0.4, 0.5) is 0 Å². The van der Waals surface area contributed by atoms with Crippen molar-refractivity contribution in [3.8, 4) is 5.75 Å². The van der Waals surface area contributed by atoms with Gasteiger partial charge in [-0.2, -0.15) is 0 Å². The summed E-state index contributed by atoms with van der Waals surface area (Å²) in [6.45, 7) is 10.5. The molecule has 0 unspecified atom stereocenters. The third-order valence-electron chi connectivity index (χ3n) is 4.45. The van der Waals surface area contributed by atoms with E-state index in [0.29, 0.717) is 0 Å². The van der Waals surface area contributed by atoms with Gasteiger partial charge in [0.1, 0.15) is 11.4 Å². The van der Waals surface area contributed by atoms with E-state index >= 15 is 0 Å². The zero-order chi connectivity index (χ0) is 14.9. The van der Waals surface area contributed by atoms with Crippen molar-refractivity contribution in [1.82, 2.24) is 9.80 Å². The van der Waals surface area contributed by atoms with Crippen LogP contribution < -0.4 is 4.74 Å². The van der Waals surface area contributed by atoms with Gasteiger partial charge in [0.2, 0.25) is 0 Å². The summed E-state index contributed by atoms with van der Waals surface area (Å²) < 4.78 is 6.16. The fourth-order valence-electron chi connectivity index (χ4n) is 3.36. The summed E-state index contributed by atoms with van der Waals surface area (Å²) in [5.74, 6) is 1.11. The molecule has 2 heterocycles. The smallest absolute Gasteiger partial charge is 0.127 e. The van der Waals surface area contributed by atoms with Crippen molar-refractivity contribution in [2.75, 3.05) is 39.3 Å². The SMILES string of the molecule is CC1(C)Cc2cccc(CN3CCN(CCO)CC3)c2O1. The molecule has 1 aromatic rings. The van der Waals surface area contributed by atoms with Crippen LogP contribution in [0.1, 0.15) is 25.0 Å². The minimum Gasteiger partial charge on any atom is -0.487 e. The van der Waals surface area contributed by atoms with E-state index in [1.165, 1.54) is 11.1 Å². The van der Waals surface area contributed by atoms with Crippen LogP contribution in [0.2, 0.25) is 0 Å². The van der Waals surface area contributed by atoms with Gasteiger partial charge in [-0.25, -0.2) is 0 Å². The van der Waals surface area contributed by atoms with E-state index in [1.54, 1.807) is 0 Å². The summed E-state index contributed by atoms with van der Waals surface area (Å²) >= 11 is 0. The van der Waals surface area contributed by atoms with Crippen molar-refractivity contribution >= 4 is 0 Å². The van der Waals surface area contributed by atoms with E-state index in [9.17, 15) is 0 Å². The third-order valence-corrected chi connectivity index (χ3v) is 4.45. The maximum Gasteiger partial charge on any atom is 0.127 e. The minimum absolute atomic E-state index is 0.0712. The van der Waals surface area contributed by atoms with Crippen LogP contribution in [0.3, 0.4) is 0 Å². The van der Waals surface area contributed by atoms with Gasteiger partial charge < -0.3 is 9.84 Å². The van der Waals surface area contributed by atoms with Gasteiger partial charge in [0.15, 0.2) is 0 Å². The lowest BCUT2D eigenvalue weighted by molar-refractivity contribution is 0.105. The number of benzene rings is 1. The molecular formula is C17H26N2O2. The number of aliphatic hydroxyl groups excluding tert-OH is 1. The maximum absolute atomic E-state index is 9.00. The number of piperazine rings is 1. The second kappa shape index (κ2) is 5.95. The number of para-hydroxylation sites is 1. The average Bonchev–Trinajstić information content (AvgIpc) is 2.76. The first-order valence-corrected chi connectivity index (χ1v) is 7.93. The van der Waals surface area contributed by atoms with E-state index in [2.05, 4.69) is 41.8 Å². The molecule has 116 valence electrons. The second-order valence-electron chi connectivity index (χ2n) is 6.79. The summed E-state index contributed by atoms with van der Waals surface area (Å²) in [6, 6.07) is 6.54. The summed E-state index contributed by atoms with van der Waals surface area (Å²) in [6.07, 6.45) is 1.00. The van der Waals surface area contributed by atoms with Crippen molar-refractivity contribution < 1.29 is 9.84 Å². The Kier molecular flexibility index (Phi) is 4.20. The first kappa shape index (κ1) is 14.8. The van der Waals surface area contributed by atoms with Gasteiger partial charge in [0.25, 0.3) is 0 Å². The van der Waals surface area contributed by atoms with Crippen molar-refractivity contribution in [1.29, 1.82) is 0 Å². The number of hydrogen-bond acceptors (Lipinski definition) is 4. The second-order valence-corrected chi connectivity index (χ2v) is 6.79. The van der Waals surface area contributed by atoms with E-state index in [-0.39, 0.29) is 12.2 Å². The van der Waals surface area contributed by atoms with Crippen molar-refractivity contribution in [3.05, 3.63) is 29.3 Å². The van der Waals surface area contributed by atoms with Crippen molar-refractivity contribution in [2.24, 2.45) is 0 Å². The van der Waals surface area contributed by atoms with Gasteiger partial charge in [-0.05, 0) is 19.4 Å². The summed E-state index contributed by atoms with van der Waals surface area (Å²) in [5, 5.41) is 9.00. The molecule has 0 aliphatic carbocycles. The molecule has 0 atom stereocenters. The largest absolute Gasteiger partial charge is 0.487 e. The van der Waals surface area contributed by atoms with Gasteiger partial charge >= 0.3 is 0 Å². The Hall–Kier alpha value is -1.10. The predicted octanol–water partition coefficient (Wildman–Crippen LogP) is 1.51. The molecule has 0 bridgehead atoms. The normalized spacial score (nSPS) is 22.0. The molecule has 1 saturated heterocycles. The molecule has 4 heteroatoms. The zero-order valence-electron chi connectivity index (χ0n) is 13.1. The van der Waals surface area contributed by atoms with Crippen LogP contribution in [0.25, 0.3) is 0 Å². The lowest BCUT2D eigenvalue weighted by Crippen LogP contribution is -2.46. The highest BCUT2D eigenvalue weighted by Crippen LogP contribution is 2.38. The summed E-state index contributed by atoms with van der Waals surface area (Å²) in [7, 11) is 0. The lowest BCUT2D eigenvalue weighted by Gasteiger charge is -2.34. The number of fused-ring (bicyclic) bond motifs is 1. The highest BCUT2D eigenvalue weighted by atomic mass is 16.5. The Labute approximate surface area is 127 Å². The monoisotopic (exact) mass is 290 g/mol. The van der Waals surface area contributed by atoms with Crippen LogP contribution in [0.5, 0.6) is 5.75 Å². The standard InChI is InChI=1S/C17H26N2O2/c1-17(2)12-14-4-3-5-15(16(14)21-17)13-19-8-6-18(7-9-19)10-11-20/h3-5,20H,6-13H2,1-2H3. The number of nitrogens with zero attached hydrogens (tertiary/aromatic N) is 2. The topological polar surface area (TPSA) is 35.9 Å². The number of β-amino-alcohol motifs (C(OH)–C–C–N with tert-alkyl or cyclic N) is 1. The number of hydrogen-bond donors (Lipinski definition) is 1. The molecule has 4 nitrogen and oxygen atoms in total. The Bertz CT molecular complexity index is 494. The molecule has 2 aliphatic heterocycles. The van der Waals surface area contributed by atoms with E-state index in [1.807, 2.05) is 0 Å². The number of aliphatic hydroxyl groups is 1. The van der Waals surface area contributed by atoms with Crippen LogP contribution in [0, 0.1) is 0 Å². The highest BCUT2D eigenvalue weighted by molar-refractivity contribution is 5.45. The molecule has 0 amide bonds. The average molecular weight is 290 g/mol. The van der Waals surface area contributed by atoms with Gasteiger partial charge in [-0.1, -0.05) is 18.2 Å². The molecule has 1 fully saturated rings. The highest BCUT2D eigenvalue weighted by Gasteiger charge is 2.32. The van der Waals surface area contributed by atoms with Gasteiger partial charge in [0.05, 0.1) is 6.61 Å². The van der Waals surface area contributed by atoms with Crippen LogP contribution in [0.15, 0.2) is 18.2 Å². The molecule has 3 rings (SSSR count). The Morgan fingerprint density at radius 3 is 2.57 bits per heavy atom. The van der Waals surface area contributed by atoms with Gasteiger partial charge in [0, 0.05) is 51.3 Å². The summed E-state index contributed by atoms with van der Waals surface area (Å²) in [4.78, 5) is 4.81. The first-order valence-electron chi connectivity index (χ1n) is 7.93. The number of ether oxygens (including phenoxy) is 1. The molecule has 1 aromatic carbocycles. The molecule has 1 N–H and O–H groups in total. The van der Waals surface area contributed by atoms with Gasteiger partial charge in [-0.15, -0.1) is 0 Å². The van der Waals surface area contributed by atoms with Crippen molar-refractivity contribution in [3.63, 3.8) is 0 Å². The maximum atomic E-state index is 9.00. The Morgan fingerprint density at radius 2 is 1.86 bits per heavy atom. The fourth-order valence-corrected chi connectivity index (χ4v) is 3.36.